The Kier molecular flexibility index (Phi) is 4.18. The first-order valence-electron chi connectivity index (χ1n) is 5.79. The van der Waals surface area contributed by atoms with Crippen LogP contribution in [0.5, 0.6) is 0 Å². The highest BCUT2D eigenvalue weighted by Crippen LogP contribution is 2.27. The predicted octanol–water partition coefficient (Wildman–Crippen LogP) is 2.97. The summed E-state index contributed by atoms with van der Waals surface area (Å²) in [5.41, 5.74) is 1.38. The fraction of sp³-hybridized carbons (Fsp3) is 0.667. The smallest absolute Gasteiger partial charge is 0.0770 e. The zero-order valence-corrected chi connectivity index (χ0v) is 10.1. The number of hydrogen-bond donors (Lipinski definition) is 1. The fourth-order valence-corrected chi connectivity index (χ4v) is 2.86. The molecule has 1 N–H and O–H groups in total. The number of rotatable bonds is 4. The van der Waals surface area contributed by atoms with Crippen molar-refractivity contribution in [1.82, 2.24) is 5.32 Å². The minimum atomic E-state index is 0.369. The average Bonchev–Trinajstić information content (AvgIpc) is 2.80. The summed E-state index contributed by atoms with van der Waals surface area (Å²) < 4.78 is 5.86. The summed E-state index contributed by atoms with van der Waals surface area (Å²) in [7, 11) is 0. The maximum absolute atomic E-state index is 5.86. The maximum Gasteiger partial charge on any atom is 0.0770 e. The number of thiophene rings is 1. The van der Waals surface area contributed by atoms with E-state index in [9.17, 15) is 0 Å². The summed E-state index contributed by atoms with van der Waals surface area (Å²) in [6, 6.07) is 2.59. The molecule has 1 saturated heterocycles. The molecule has 1 aromatic rings. The molecule has 0 saturated carbocycles. The highest BCUT2D eigenvalue weighted by Gasteiger charge is 2.25. The van der Waals surface area contributed by atoms with Gasteiger partial charge in [0.05, 0.1) is 12.1 Å². The van der Waals surface area contributed by atoms with Gasteiger partial charge in [0.25, 0.3) is 0 Å². The minimum Gasteiger partial charge on any atom is -0.376 e. The molecule has 0 radical (unpaired) electrons. The summed E-state index contributed by atoms with van der Waals surface area (Å²) in [6.45, 7) is 4.08. The van der Waals surface area contributed by atoms with Crippen molar-refractivity contribution in [2.45, 2.75) is 38.3 Å². The molecule has 1 aromatic heterocycles. The van der Waals surface area contributed by atoms with Gasteiger partial charge in [-0.25, -0.2) is 0 Å². The van der Waals surface area contributed by atoms with Gasteiger partial charge in [-0.1, -0.05) is 6.92 Å². The first kappa shape index (κ1) is 11.1. The molecule has 3 heteroatoms. The number of ether oxygens (including phenoxy) is 1. The van der Waals surface area contributed by atoms with Gasteiger partial charge in [-0.2, -0.15) is 11.3 Å². The van der Waals surface area contributed by atoms with Gasteiger partial charge in [-0.05, 0) is 48.2 Å². The topological polar surface area (TPSA) is 21.3 Å². The second-order valence-electron chi connectivity index (χ2n) is 4.00. The Labute approximate surface area is 95.6 Å². The lowest BCUT2D eigenvalue weighted by Crippen LogP contribution is -2.35. The Hall–Kier alpha value is -0.380. The van der Waals surface area contributed by atoms with Crippen LogP contribution >= 0.6 is 11.3 Å². The second-order valence-corrected chi connectivity index (χ2v) is 4.78. The van der Waals surface area contributed by atoms with Gasteiger partial charge in [0.1, 0.15) is 0 Å². The number of likely N-dealkylation sites (N-methyl/N-ethyl adjacent to an activating group) is 1. The van der Waals surface area contributed by atoms with Crippen LogP contribution in [0.25, 0.3) is 0 Å². The number of nitrogens with one attached hydrogen (secondary N) is 1. The van der Waals surface area contributed by atoms with Crippen LogP contribution in [0.1, 0.15) is 37.8 Å². The highest BCUT2D eigenvalue weighted by molar-refractivity contribution is 7.07. The van der Waals surface area contributed by atoms with E-state index < -0.39 is 0 Å². The molecule has 0 amide bonds. The molecular formula is C12H19NOS. The molecule has 0 spiro atoms. The summed E-state index contributed by atoms with van der Waals surface area (Å²) in [5, 5.41) is 7.91. The van der Waals surface area contributed by atoms with Gasteiger partial charge < -0.3 is 10.1 Å². The lowest BCUT2D eigenvalue weighted by molar-refractivity contribution is -0.00777. The van der Waals surface area contributed by atoms with Crippen molar-refractivity contribution in [3.63, 3.8) is 0 Å². The third-order valence-corrected chi connectivity index (χ3v) is 3.61. The van der Waals surface area contributed by atoms with Crippen molar-refractivity contribution in [3.8, 4) is 0 Å². The van der Waals surface area contributed by atoms with Crippen molar-refractivity contribution in [1.29, 1.82) is 0 Å². The number of hydrogen-bond acceptors (Lipinski definition) is 3. The van der Waals surface area contributed by atoms with Gasteiger partial charge in [0.15, 0.2) is 0 Å². The van der Waals surface area contributed by atoms with E-state index in [0.717, 1.165) is 13.2 Å². The van der Waals surface area contributed by atoms with Gasteiger partial charge in [0, 0.05) is 6.61 Å². The van der Waals surface area contributed by atoms with Crippen LogP contribution in [0.4, 0.5) is 0 Å². The van der Waals surface area contributed by atoms with Gasteiger partial charge in [-0.3, -0.25) is 0 Å². The first-order chi connectivity index (χ1) is 7.42. The molecule has 84 valence electrons. The Morgan fingerprint density at radius 1 is 1.60 bits per heavy atom. The van der Waals surface area contributed by atoms with Crippen LogP contribution in [0, 0.1) is 0 Å². The van der Waals surface area contributed by atoms with Gasteiger partial charge in [-0.15, -0.1) is 0 Å². The van der Waals surface area contributed by atoms with Crippen LogP contribution in [-0.4, -0.2) is 19.3 Å². The summed E-state index contributed by atoms with van der Waals surface area (Å²) >= 11 is 1.76. The van der Waals surface area contributed by atoms with E-state index in [1.54, 1.807) is 11.3 Å². The highest BCUT2D eigenvalue weighted by atomic mass is 32.1. The van der Waals surface area contributed by atoms with E-state index in [1.807, 2.05) is 0 Å². The molecule has 15 heavy (non-hydrogen) atoms. The fourth-order valence-electron chi connectivity index (χ4n) is 2.16. The molecule has 2 heterocycles. The van der Waals surface area contributed by atoms with E-state index >= 15 is 0 Å². The predicted molar refractivity (Wildman–Crippen MR) is 64.3 cm³/mol. The molecule has 2 nitrogen and oxygen atoms in total. The molecule has 0 aromatic carbocycles. The molecule has 2 rings (SSSR count). The normalized spacial score (nSPS) is 23.9. The van der Waals surface area contributed by atoms with E-state index in [-0.39, 0.29) is 0 Å². The zero-order valence-electron chi connectivity index (χ0n) is 9.24. The molecule has 2 unspecified atom stereocenters. The van der Waals surface area contributed by atoms with Crippen LogP contribution in [0.2, 0.25) is 0 Å². The Morgan fingerprint density at radius 3 is 3.13 bits per heavy atom. The van der Waals surface area contributed by atoms with Crippen molar-refractivity contribution in [2.75, 3.05) is 13.2 Å². The molecule has 1 aliphatic rings. The third kappa shape index (κ3) is 2.80. The summed E-state index contributed by atoms with van der Waals surface area (Å²) in [6.07, 6.45) is 4.08. The lowest BCUT2D eigenvalue weighted by Gasteiger charge is -2.30. The first-order valence-corrected chi connectivity index (χ1v) is 6.73. The van der Waals surface area contributed by atoms with Crippen LogP contribution < -0.4 is 5.32 Å². The molecular weight excluding hydrogens is 206 g/mol. The second kappa shape index (κ2) is 5.64. The van der Waals surface area contributed by atoms with Gasteiger partial charge >= 0.3 is 0 Å². The SMILES string of the molecule is CCNC(c1ccsc1)C1CCCCO1. The van der Waals surface area contributed by atoms with Crippen molar-refractivity contribution in [3.05, 3.63) is 22.4 Å². The minimum absolute atomic E-state index is 0.369. The van der Waals surface area contributed by atoms with Crippen LogP contribution in [0.15, 0.2) is 16.8 Å². The molecule has 1 aliphatic heterocycles. The Balaban J connectivity index is 2.04. The Morgan fingerprint density at radius 2 is 2.53 bits per heavy atom. The zero-order chi connectivity index (χ0) is 10.5. The Bertz CT molecular complexity index is 267. The quantitative estimate of drug-likeness (QED) is 0.850. The molecule has 0 bridgehead atoms. The van der Waals surface area contributed by atoms with E-state index in [2.05, 4.69) is 29.1 Å². The van der Waals surface area contributed by atoms with Gasteiger partial charge in [0.2, 0.25) is 0 Å². The summed E-state index contributed by atoms with van der Waals surface area (Å²) in [5.74, 6) is 0. The van der Waals surface area contributed by atoms with Crippen LogP contribution in [0.3, 0.4) is 0 Å². The van der Waals surface area contributed by atoms with E-state index in [1.165, 1.54) is 24.8 Å². The van der Waals surface area contributed by atoms with Crippen molar-refractivity contribution < 1.29 is 4.74 Å². The summed E-state index contributed by atoms with van der Waals surface area (Å²) in [4.78, 5) is 0. The standard InChI is InChI=1S/C12H19NOS/c1-2-13-12(10-6-8-15-9-10)11-5-3-4-7-14-11/h6,8-9,11-13H,2-5,7H2,1H3. The van der Waals surface area contributed by atoms with Crippen molar-refractivity contribution >= 4 is 11.3 Å². The van der Waals surface area contributed by atoms with E-state index in [0.29, 0.717) is 12.1 Å². The molecule has 0 aliphatic carbocycles. The largest absolute Gasteiger partial charge is 0.376 e. The molecule has 1 fully saturated rings. The lowest BCUT2D eigenvalue weighted by atomic mass is 9.98. The van der Waals surface area contributed by atoms with Crippen LogP contribution in [-0.2, 0) is 4.74 Å². The third-order valence-electron chi connectivity index (χ3n) is 2.91. The van der Waals surface area contributed by atoms with Crippen molar-refractivity contribution in [2.24, 2.45) is 0 Å². The van der Waals surface area contributed by atoms with E-state index in [4.69, 9.17) is 4.74 Å². The average molecular weight is 225 g/mol. The monoisotopic (exact) mass is 225 g/mol. The molecule has 2 atom stereocenters. The maximum atomic E-state index is 5.86.